The highest BCUT2D eigenvalue weighted by Gasteiger charge is 2.24. The number of anilines is 1. The number of hydrogen-bond donors (Lipinski definition) is 0. The zero-order valence-corrected chi connectivity index (χ0v) is 15.9. The van der Waals surface area contributed by atoms with Crippen LogP contribution in [0.25, 0.3) is 0 Å². The van der Waals surface area contributed by atoms with Gasteiger partial charge in [-0.15, -0.1) is 0 Å². The van der Waals surface area contributed by atoms with Gasteiger partial charge in [-0.25, -0.2) is 0 Å². The minimum atomic E-state index is -0.0451. The third kappa shape index (κ3) is 3.97. The number of piperazine rings is 1. The quantitative estimate of drug-likeness (QED) is 0.755. The van der Waals surface area contributed by atoms with Crippen molar-refractivity contribution in [3.8, 4) is 5.75 Å². The van der Waals surface area contributed by atoms with E-state index in [1.165, 1.54) is 0 Å². The van der Waals surface area contributed by atoms with E-state index in [2.05, 4.69) is 4.90 Å². The van der Waals surface area contributed by atoms with Crippen LogP contribution in [0, 0.1) is 0 Å². The molecule has 1 aliphatic rings. The molecule has 2 aromatic rings. The standard InChI is InChI=1S/C18H17Cl3N2O2/c1-25-17-5-3-13(19)11-16(17)22-6-8-23(9-7-22)18(24)12-2-4-14(20)15(21)10-12/h2-5,10-11H,6-9H2,1H3. The highest BCUT2D eigenvalue weighted by Crippen LogP contribution is 2.32. The number of carbonyl (C=O) groups is 1. The Labute approximate surface area is 161 Å². The fraction of sp³-hybridized carbons (Fsp3) is 0.278. The maximum absolute atomic E-state index is 12.6. The SMILES string of the molecule is COc1ccc(Cl)cc1N1CCN(C(=O)c2ccc(Cl)c(Cl)c2)CC1. The predicted molar refractivity (Wildman–Crippen MR) is 103 cm³/mol. The zero-order chi connectivity index (χ0) is 18.0. The van der Waals surface area contributed by atoms with Crippen LogP contribution in [0.15, 0.2) is 36.4 Å². The average molecular weight is 400 g/mol. The van der Waals surface area contributed by atoms with E-state index in [1.807, 2.05) is 17.0 Å². The Morgan fingerprint density at radius 1 is 0.960 bits per heavy atom. The van der Waals surface area contributed by atoms with E-state index in [9.17, 15) is 4.79 Å². The normalized spacial score (nSPS) is 14.6. The number of carbonyl (C=O) groups excluding carboxylic acids is 1. The second-order valence-electron chi connectivity index (χ2n) is 5.72. The van der Waals surface area contributed by atoms with Crippen molar-refractivity contribution in [3.05, 3.63) is 57.0 Å². The van der Waals surface area contributed by atoms with Gasteiger partial charge in [0.05, 0.1) is 22.8 Å². The van der Waals surface area contributed by atoms with Crippen LogP contribution in [0.3, 0.4) is 0 Å². The summed E-state index contributed by atoms with van der Waals surface area (Å²) in [5.74, 6) is 0.727. The molecule has 0 aromatic heterocycles. The van der Waals surface area contributed by atoms with E-state index in [0.29, 0.717) is 46.8 Å². The van der Waals surface area contributed by atoms with Gasteiger partial charge in [0.25, 0.3) is 5.91 Å². The number of amides is 1. The molecule has 1 saturated heterocycles. The monoisotopic (exact) mass is 398 g/mol. The number of benzene rings is 2. The summed E-state index contributed by atoms with van der Waals surface area (Å²) < 4.78 is 5.41. The van der Waals surface area contributed by atoms with Crippen LogP contribution in [0.4, 0.5) is 5.69 Å². The van der Waals surface area contributed by atoms with Crippen LogP contribution in [0.5, 0.6) is 5.75 Å². The molecule has 1 heterocycles. The summed E-state index contributed by atoms with van der Waals surface area (Å²) in [6.45, 7) is 2.61. The summed E-state index contributed by atoms with van der Waals surface area (Å²) in [5, 5.41) is 1.48. The molecule has 1 aliphatic heterocycles. The molecule has 0 atom stereocenters. The number of hydrogen-bond acceptors (Lipinski definition) is 3. The molecule has 0 spiro atoms. The Balaban J connectivity index is 1.70. The fourth-order valence-corrected chi connectivity index (χ4v) is 3.34. The molecule has 0 unspecified atom stereocenters. The lowest BCUT2D eigenvalue weighted by Crippen LogP contribution is -2.48. The maximum Gasteiger partial charge on any atom is 0.254 e. The Hall–Kier alpha value is -1.62. The number of rotatable bonds is 3. The molecule has 0 saturated carbocycles. The molecule has 2 aromatic carbocycles. The van der Waals surface area contributed by atoms with Crippen molar-refractivity contribution in [2.75, 3.05) is 38.2 Å². The van der Waals surface area contributed by atoms with Gasteiger partial charge in [0.15, 0.2) is 0 Å². The highest BCUT2D eigenvalue weighted by molar-refractivity contribution is 6.42. The second-order valence-corrected chi connectivity index (χ2v) is 6.98. The molecule has 4 nitrogen and oxygen atoms in total. The first-order valence-corrected chi connectivity index (χ1v) is 8.96. The molecule has 1 fully saturated rings. The third-order valence-electron chi connectivity index (χ3n) is 4.22. The first-order chi connectivity index (χ1) is 12.0. The molecular weight excluding hydrogens is 383 g/mol. The van der Waals surface area contributed by atoms with E-state index in [1.54, 1.807) is 31.4 Å². The van der Waals surface area contributed by atoms with Gasteiger partial charge < -0.3 is 14.5 Å². The maximum atomic E-state index is 12.6. The Morgan fingerprint density at radius 3 is 2.32 bits per heavy atom. The average Bonchev–Trinajstić information content (AvgIpc) is 2.63. The Bertz CT molecular complexity index is 790. The van der Waals surface area contributed by atoms with Gasteiger partial charge in [-0.05, 0) is 36.4 Å². The molecule has 132 valence electrons. The Kier molecular flexibility index (Phi) is 5.62. The molecular formula is C18H17Cl3N2O2. The van der Waals surface area contributed by atoms with Crippen molar-refractivity contribution < 1.29 is 9.53 Å². The summed E-state index contributed by atoms with van der Waals surface area (Å²) in [7, 11) is 1.64. The number of ether oxygens (including phenoxy) is 1. The van der Waals surface area contributed by atoms with Crippen molar-refractivity contribution in [1.29, 1.82) is 0 Å². The minimum absolute atomic E-state index is 0.0451. The number of halogens is 3. The van der Waals surface area contributed by atoms with Crippen LogP contribution in [0.1, 0.15) is 10.4 Å². The van der Waals surface area contributed by atoms with Crippen LogP contribution in [0.2, 0.25) is 15.1 Å². The van der Waals surface area contributed by atoms with Gasteiger partial charge in [-0.1, -0.05) is 34.8 Å². The third-order valence-corrected chi connectivity index (χ3v) is 5.19. The molecule has 3 rings (SSSR count). The molecule has 25 heavy (non-hydrogen) atoms. The van der Waals surface area contributed by atoms with Gasteiger partial charge in [-0.3, -0.25) is 4.79 Å². The van der Waals surface area contributed by atoms with Crippen molar-refractivity contribution in [2.24, 2.45) is 0 Å². The van der Waals surface area contributed by atoms with Gasteiger partial charge in [0.2, 0.25) is 0 Å². The largest absolute Gasteiger partial charge is 0.495 e. The first-order valence-electron chi connectivity index (χ1n) is 7.82. The highest BCUT2D eigenvalue weighted by atomic mass is 35.5. The Morgan fingerprint density at radius 2 is 1.68 bits per heavy atom. The van der Waals surface area contributed by atoms with Crippen LogP contribution in [-0.4, -0.2) is 44.1 Å². The summed E-state index contributed by atoms with van der Waals surface area (Å²) in [6.07, 6.45) is 0. The van der Waals surface area contributed by atoms with Crippen molar-refractivity contribution >= 4 is 46.4 Å². The van der Waals surface area contributed by atoms with E-state index in [4.69, 9.17) is 39.5 Å². The van der Waals surface area contributed by atoms with E-state index < -0.39 is 0 Å². The van der Waals surface area contributed by atoms with Crippen molar-refractivity contribution in [3.63, 3.8) is 0 Å². The summed E-state index contributed by atoms with van der Waals surface area (Å²) in [4.78, 5) is 16.6. The molecule has 0 bridgehead atoms. The molecule has 0 aliphatic carbocycles. The second kappa shape index (κ2) is 7.73. The summed E-state index contributed by atoms with van der Waals surface area (Å²) in [5.41, 5.74) is 1.49. The predicted octanol–water partition coefficient (Wildman–Crippen LogP) is 4.62. The molecule has 0 radical (unpaired) electrons. The van der Waals surface area contributed by atoms with Crippen molar-refractivity contribution in [1.82, 2.24) is 4.90 Å². The van der Waals surface area contributed by atoms with Crippen molar-refractivity contribution in [2.45, 2.75) is 0 Å². The lowest BCUT2D eigenvalue weighted by Gasteiger charge is -2.36. The fourth-order valence-electron chi connectivity index (χ4n) is 2.87. The smallest absolute Gasteiger partial charge is 0.254 e. The van der Waals surface area contributed by atoms with Gasteiger partial charge >= 0.3 is 0 Å². The summed E-state index contributed by atoms with van der Waals surface area (Å²) in [6, 6.07) is 10.5. The topological polar surface area (TPSA) is 32.8 Å². The van der Waals surface area contributed by atoms with Gasteiger partial charge in [0.1, 0.15) is 5.75 Å². The van der Waals surface area contributed by atoms with Crippen LogP contribution < -0.4 is 9.64 Å². The van der Waals surface area contributed by atoms with Crippen LogP contribution >= 0.6 is 34.8 Å². The van der Waals surface area contributed by atoms with Crippen LogP contribution in [-0.2, 0) is 0 Å². The van der Waals surface area contributed by atoms with E-state index in [0.717, 1.165) is 11.4 Å². The molecule has 0 N–H and O–H groups in total. The van der Waals surface area contributed by atoms with E-state index in [-0.39, 0.29) is 5.91 Å². The number of nitrogens with zero attached hydrogens (tertiary/aromatic N) is 2. The summed E-state index contributed by atoms with van der Waals surface area (Å²) >= 11 is 18.0. The molecule has 1 amide bonds. The van der Waals surface area contributed by atoms with Gasteiger partial charge in [0, 0.05) is 36.8 Å². The minimum Gasteiger partial charge on any atom is -0.495 e. The zero-order valence-electron chi connectivity index (χ0n) is 13.6. The van der Waals surface area contributed by atoms with Gasteiger partial charge in [-0.2, -0.15) is 0 Å². The number of methoxy groups -OCH3 is 1. The lowest BCUT2D eigenvalue weighted by molar-refractivity contribution is 0.0746. The molecule has 7 heteroatoms. The van der Waals surface area contributed by atoms with E-state index >= 15 is 0 Å². The lowest BCUT2D eigenvalue weighted by atomic mass is 10.1. The first kappa shape index (κ1) is 18.2.